The molecule has 0 aliphatic rings. The van der Waals surface area contributed by atoms with Gasteiger partial charge in [-0.25, -0.2) is 4.57 Å². The second-order valence-corrected chi connectivity index (χ2v) is 15.2. The van der Waals surface area contributed by atoms with Crippen molar-refractivity contribution in [3.05, 3.63) is 97.2 Å². The van der Waals surface area contributed by atoms with Gasteiger partial charge in [0, 0.05) is 12.8 Å². The fourth-order valence-corrected chi connectivity index (χ4v) is 5.77. The van der Waals surface area contributed by atoms with Gasteiger partial charge in [0.25, 0.3) is 0 Å². The van der Waals surface area contributed by atoms with Gasteiger partial charge in [-0.05, 0) is 89.9 Å². The van der Waals surface area contributed by atoms with Crippen LogP contribution in [0.3, 0.4) is 0 Å². The first-order valence-electron chi connectivity index (χ1n) is 21.3. The van der Waals surface area contributed by atoms with Crippen LogP contribution in [0.4, 0.5) is 0 Å². The largest absolute Gasteiger partial charge is 0.480 e. The van der Waals surface area contributed by atoms with Crippen molar-refractivity contribution in [1.82, 2.24) is 0 Å². The van der Waals surface area contributed by atoms with Gasteiger partial charge in [-0.2, -0.15) is 0 Å². The van der Waals surface area contributed by atoms with Gasteiger partial charge in [0.15, 0.2) is 6.10 Å². The van der Waals surface area contributed by atoms with Crippen molar-refractivity contribution in [2.45, 2.75) is 154 Å². The fraction of sp³-hybridized carbons (Fsp3) is 0.587. The van der Waals surface area contributed by atoms with E-state index in [1.54, 1.807) is 0 Å². The molecule has 0 radical (unpaired) electrons. The van der Waals surface area contributed by atoms with Crippen LogP contribution in [0.5, 0.6) is 0 Å². The standard InChI is InChI=1S/C46H74NO10P/c1-3-5-7-9-11-13-15-17-19-21-23-25-27-29-31-33-35-37-44(48)54-39-42(40-55-58(52,53)56-41-43(47)46(50)51)57-45(49)38-36-34-32-30-28-26-24-22-20-18-16-14-12-10-8-6-4-2/h5,7,11-14,17-20,23-26,29,31,42-43H,3-4,6,8-10,15-16,21-22,27-28,30,32-41,47H2,1-2H3,(H,50,51)(H,52,53)/b7-5+,13-11+,14-12+,19-17+,20-18+,25-23+,26-24+,31-29+/t42-,43+/m1/s1. The van der Waals surface area contributed by atoms with E-state index in [-0.39, 0.29) is 12.8 Å². The van der Waals surface area contributed by atoms with Crippen LogP contribution in [0.2, 0.25) is 0 Å². The number of phosphoric ester groups is 1. The Hall–Kier alpha value is -3.60. The van der Waals surface area contributed by atoms with Crippen LogP contribution in [-0.2, 0) is 37.5 Å². The Morgan fingerprint density at radius 3 is 1.48 bits per heavy atom. The zero-order valence-corrected chi connectivity index (χ0v) is 36.2. The van der Waals surface area contributed by atoms with Crippen LogP contribution in [0.15, 0.2) is 97.2 Å². The quantitative estimate of drug-likeness (QED) is 0.0234. The molecule has 0 saturated heterocycles. The summed E-state index contributed by atoms with van der Waals surface area (Å²) in [4.78, 5) is 45.9. The number of ether oxygens (including phenoxy) is 2. The minimum atomic E-state index is -4.74. The number of unbranched alkanes of at least 4 members (excludes halogenated alkanes) is 8. The molecule has 0 heterocycles. The molecule has 58 heavy (non-hydrogen) atoms. The number of aliphatic carboxylic acids is 1. The van der Waals surface area contributed by atoms with E-state index in [1.165, 1.54) is 19.3 Å². The molecule has 0 rings (SSSR count). The first kappa shape index (κ1) is 54.4. The highest BCUT2D eigenvalue weighted by Crippen LogP contribution is 2.43. The molecule has 328 valence electrons. The highest BCUT2D eigenvalue weighted by Gasteiger charge is 2.28. The van der Waals surface area contributed by atoms with Gasteiger partial charge in [-0.3, -0.25) is 23.4 Å². The third-order valence-electron chi connectivity index (χ3n) is 8.32. The molecule has 0 aliphatic carbocycles. The maximum absolute atomic E-state index is 12.6. The van der Waals surface area contributed by atoms with Crippen LogP contribution >= 0.6 is 7.82 Å². The average Bonchev–Trinajstić information content (AvgIpc) is 3.20. The number of hydrogen-bond donors (Lipinski definition) is 3. The Kier molecular flexibility index (Phi) is 37.7. The lowest BCUT2D eigenvalue weighted by molar-refractivity contribution is -0.161. The van der Waals surface area contributed by atoms with Crippen LogP contribution in [0, 0.1) is 0 Å². The van der Waals surface area contributed by atoms with E-state index in [9.17, 15) is 23.8 Å². The molecule has 0 aromatic carbocycles. The zero-order valence-electron chi connectivity index (χ0n) is 35.3. The third kappa shape index (κ3) is 39.2. The van der Waals surface area contributed by atoms with Gasteiger partial charge in [-0.15, -0.1) is 0 Å². The SMILES string of the molecule is CC/C=C/C/C=C/C/C=C/C/C=C/C/C=C/CCCC(=O)OC[C@H](COP(=O)(O)OC[C@H](N)C(=O)O)OC(=O)CCCCCC/C=C/C/C=C/C/C=C/CCCCC. The second-order valence-electron chi connectivity index (χ2n) is 13.7. The summed E-state index contributed by atoms with van der Waals surface area (Å²) >= 11 is 0. The Morgan fingerprint density at radius 2 is 0.983 bits per heavy atom. The lowest BCUT2D eigenvalue weighted by Gasteiger charge is -2.20. The minimum Gasteiger partial charge on any atom is -0.480 e. The summed E-state index contributed by atoms with van der Waals surface area (Å²) < 4.78 is 32.6. The predicted molar refractivity (Wildman–Crippen MR) is 235 cm³/mol. The normalized spacial score (nSPS) is 14.7. The number of carbonyl (C=O) groups excluding carboxylic acids is 2. The maximum Gasteiger partial charge on any atom is 0.472 e. The average molecular weight is 832 g/mol. The molecule has 4 N–H and O–H groups in total. The van der Waals surface area contributed by atoms with Crippen molar-refractivity contribution in [2.24, 2.45) is 5.73 Å². The van der Waals surface area contributed by atoms with Gasteiger partial charge in [0.05, 0.1) is 13.2 Å². The van der Waals surface area contributed by atoms with Crippen molar-refractivity contribution < 1.29 is 47.5 Å². The highest BCUT2D eigenvalue weighted by atomic mass is 31.2. The number of hydrogen-bond acceptors (Lipinski definition) is 9. The number of nitrogens with two attached hydrogens (primary N) is 1. The second kappa shape index (κ2) is 40.2. The molecule has 0 bridgehead atoms. The number of carboxylic acid groups (broad SMARTS) is 1. The lowest BCUT2D eigenvalue weighted by atomic mass is 10.1. The van der Waals surface area contributed by atoms with E-state index in [1.807, 2.05) is 12.2 Å². The summed E-state index contributed by atoms with van der Waals surface area (Å²) in [6.45, 7) is 2.55. The van der Waals surface area contributed by atoms with Crippen LogP contribution in [0.1, 0.15) is 142 Å². The minimum absolute atomic E-state index is 0.117. The predicted octanol–water partition coefficient (Wildman–Crippen LogP) is 11.3. The van der Waals surface area contributed by atoms with Crippen molar-refractivity contribution in [1.29, 1.82) is 0 Å². The molecule has 1 unspecified atom stereocenters. The molecular formula is C46H74NO10P. The Bertz CT molecular complexity index is 1350. The summed E-state index contributed by atoms with van der Waals surface area (Å²) in [6.07, 6.45) is 50.5. The molecular weight excluding hydrogens is 757 g/mol. The van der Waals surface area contributed by atoms with Gasteiger partial charge in [0.1, 0.15) is 12.6 Å². The number of carboxylic acids is 1. The number of allylic oxidation sites excluding steroid dienone is 16. The number of rotatable bonds is 38. The summed E-state index contributed by atoms with van der Waals surface area (Å²) in [5.41, 5.74) is 5.32. The monoisotopic (exact) mass is 832 g/mol. The molecule has 0 fully saturated rings. The molecule has 0 aromatic heterocycles. The Balaban J connectivity index is 4.54. The lowest BCUT2D eigenvalue weighted by Crippen LogP contribution is -2.34. The molecule has 0 aliphatic heterocycles. The molecule has 12 heteroatoms. The van der Waals surface area contributed by atoms with Gasteiger partial charge < -0.3 is 25.2 Å². The number of carbonyl (C=O) groups is 3. The van der Waals surface area contributed by atoms with E-state index >= 15 is 0 Å². The van der Waals surface area contributed by atoms with Crippen molar-refractivity contribution >= 4 is 25.7 Å². The summed E-state index contributed by atoms with van der Waals surface area (Å²) in [5.74, 6) is -2.50. The molecule has 0 amide bonds. The third-order valence-corrected chi connectivity index (χ3v) is 9.27. The first-order valence-corrected chi connectivity index (χ1v) is 22.8. The smallest absolute Gasteiger partial charge is 0.472 e. The van der Waals surface area contributed by atoms with E-state index in [4.69, 9.17) is 24.8 Å². The van der Waals surface area contributed by atoms with E-state index in [2.05, 4.69) is 103 Å². The first-order chi connectivity index (χ1) is 28.1. The van der Waals surface area contributed by atoms with Crippen LogP contribution in [-0.4, -0.2) is 59.9 Å². The number of esters is 2. The van der Waals surface area contributed by atoms with Crippen LogP contribution < -0.4 is 5.73 Å². The van der Waals surface area contributed by atoms with E-state index < -0.39 is 57.7 Å². The Labute approximate surface area is 349 Å². The molecule has 0 spiro atoms. The zero-order chi connectivity index (χ0) is 42.8. The molecule has 3 atom stereocenters. The van der Waals surface area contributed by atoms with E-state index in [0.717, 1.165) is 77.0 Å². The molecule has 11 nitrogen and oxygen atoms in total. The summed E-state index contributed by atoms with van der Waals surface area (Å²) in [6, 6.07) is -1.54. The highest BCUT2D eigenvalue weighted by molar-refractivity contribution is 7.47. The summed E-state index contributed by atoms with van der Waals surface area (Å²) in [7, 11) is -4.74. The Morgan fingerprint density at radius 1 is 0.552 bits per heavy atom. The molecule has 0 saturated carbocycles. The van der Waals surface area contributed by atoms with Crippen LogP contribution in [0.25, 0.3) is 0 Å². The fourth-order valence-electron chi connectivity index (χ4n) is 4.99. The van der Waals surface area contributed by atoms with Gasteiger partial charge >= 0.3 is 25.7 Å². The topological polar surface area (TPSA) is 172 Å². The summed E-state index contributed by atoms with van der Waals surface area (Å²) in [5, 5.41) is 8.89. The van der Waals surface area contributed by atoms with Crippen molar-refractivity contribution in [2.75, 3.05) is 19.8 Å². The van der Waals surface area contributed by atoms with Crippen molar-refractivity contribution in [3.8, 4) is 0 Å². The number of phosphoric acid groups is 1. The maximum atomic E-state index is 12.6. The van der Waals surface area contributed by atoms with Gasteiger partial charge in [-0.1, -0.05) is 137 Å². The van der Waals surface area contributed by atoms with Gasteiger partial charge in [0.2, 0.25) is 0 Å². The molecule has 0 aromatic rings. The van der Waals surface area contributed by atoms with E-state index in [0.29, 0.717) is 19.3 Å². The van der Waals surface area contributed by atoms with Crippen molar-refractivity contribution in [3.63, 3.8) is 0 Å².